The van der Waals surface area contributed by atoms with Crippen molar-refractivity contribution in [1.82, 2.24) is 9.55 Å². The summed E-state index contributed by atoms with van der Waals surface area (Å²) in [6, 6.07) is 3.56. The Bertz CT molecular complexity index is 617. The van der Waals surface area contributed by atoms with Crippen molar-refractivity contribution in [2.45, 2.75) is 0 Å². The van der Waals surface area contributed by atoms with Crippen LogP contribution in [-0.2, 0) is 7.05 Å². The summed E-state index contributed by atoms with van der Waals surface area (Å²) in [5, 5.41) is 3.26. The second kappa shape index (κ2) is 5.49. The van der Waals surface area contributed by atoms with Gasteiger partial charge in [-0.25, -0.2) is 4.98 Å². The first kappa shape index (κ1) is 12.4. The second-order valence-electron chi connectivity index (χ2n) is 3.49. The van der Waals surface area contributed by atoms with E-state index >= 15 is 0 Å². The van der Waals surface area contributed by atoms with Crippen molar-refractivity contribution in [1.29, 1.82) is 0 Å². The Labute approximate surface area is 109 Å². The van der Waals surface area contributed by atoms with Crippen molar-refractivity contribution in [2.75, 3.05) is 11.9 Å². The number of carbonyl (C=O) groups is 1. The SMILES string of the molecule is Cn1cccc1C(=O)Nc1ncc(C#CCN)s1. The highest BCUT2D eigenvalue weighted by molar-refractivity contribution is 7.16. The van der Waals surface area contributed by atoms with E-state index in [2.05, 4.69) is 22.1 Å². The van der Waals surface area contributed by atoms with Crippen LogP contribution in [0.15, 0.2) is 24.5 Å². The molecule has 0 unspecified atom stereocenters. The van der Waals surface area contributed by atoms with E-state index in [0.717, 1.165) is 4.88 Å². The normalized spacial score (nSPS) is 9.67. The molecule has 1 amide bonds. The average molecular weight is 260 g/mol. The van der Waals surface area contributed by atoms with Crippen molar-refractivity contribution < 1.29 is 4.79 Å². The standard InChI is InChI=1S/C12H12N4OS/c1-16-7-3-5-10(16)11(17)15-12-14-8-9(18-12)4-2-6-13/h3,5,7-8H,6,13H2,1H3,(H,14,15,17). The molecule has 2 aromatic rings. The zero-order valence-corrected chi connectivity index (χ0v) is 10.6. The largest absolute Gasteiger partial charge is 0.347 e. The molecule has 0 aliphatic rings. The molecule has 0 aromatic carbocycles. The monoisotopic (exact) mass is 260 g/mol. The highest BCUT2D eigenvalue weighted by atomic mass is 32.1. The first-order chi connectivity index (χ1) is 8.70. The van der Waals surface area contributed by atoms with Gasteiger partial charge in [-0.05, 0) is 12.1 Å². The van der Waals surface area contributed by atoms with E-state index in [1.165, 1.54) is 11.3 Å². The fourth-order valence-corrected chi connectivity index (χ4v) is 2.07. The molecule has 3 N–H and O–H groups in total. The zero-order valence-electron chi connectivity index (χ0n) is 9.80. The molecule has 6 heteroatoms. The van der Waals surface area contributed by atoms with Crippen LogP contribution < -0.4 is 11.1 Å². The fraction of sp³-hybridized carbons (Fsp3) is 0.167. The van der Waals surface area contributed by atoms with Gasteiger partial charge in [-0.3, -0.25) is 10.1 Å². The van der Waals surface area contributed by atoms with Gasteiger partial charge in [-0.15, -0.1) is 0 Å². The molecular weight excluding hydrogens is 248 g/mol. The topological polar surface area (TPSA) is 72.9 Å². The molecule has 2 heterocycles. The molecule has 0 aliphatic heterocycles. The molecule has 2 aromatic heterocycles. The Morgan fingerprint density at radius 3 is 3.17 bits per heavy atom. The van der Waals surface area contributed by atoms with Crippen molar-refractivity contribution in [3.63, 3.8) is 0 Å². The molecule has 2 rings (SSSR count). The predicted octanol–water partition coefficient (Wildman–Crippen LogP) is 1.04. The first-order valence-electron chi connectivity index (χ1n) is 5.28. The van der Waals surface area contributed by atoms with Crippen LogP contribution in [0.2, 0.25) is 0 Å². The molecular formula is C12H12N4OS. The molecule has 92 valence electrons. The van der Waals surface area contributed by atoms with E-state index in [1.54, 1.807) is 16.8 Å². The van der Waals surface area contributed by atoms with Gasteiger partial charge in [0.1, 0.15) is 5.69 Å². The molecule has 0 spiro atoms. The van der Waals surface area contributed by atoms with Crippen LogP contribution in [0.1, 0.15) is 15.4 Å². The van der Waals surface area contributed by atoms with Crippen molar-refractivity contribution in [3.05, 3.63) is 35.1 Å². The van der Waals surface area contributed by atoms with Crippen LogP contribution >= 0.6 is 11.3 Å². The molecule has 0 atom stereocenters. The van der Waals surface area contributed by atoms with Crippen molar-refractivity contribution in [2.24, 2.45) is 12.8 Å². The third-order valence-electron chi connectivity index (χ3n) is 2.22. The number of amides is 1. The third-order valence-corrected chi connectivity index (χ3v) is 3.04. The quantitative estimate of drug-likeness (QED) is 0.793. The molecule has 0 saturated heterocycles. The Kier molecular flexibility index (Phi) is 3.77. The van der Waals surface area contributed by atoms with Gasteiger partial charge in [0, 0.05) is 13.2 Å². The zero-order chi connectivity index (χ0) is 13.0. The van der Waals surface area contributed by atoms with E-state index < -0.39 is 0 Å². The number of nitrogens with zero attached hydrogens (tertiary/aromatic N) is 2. The number of carbonyl (C=O) groups excluding carboxylic acids is 1. The lowest BCUT2D eigenvalue weighted by Gasteiger charge is -2.02. The van der Waals surface area contributed by atoms with Gasteiger partial charge < -0.3 is 10.3 Å². The van der Waals surface area contributed by atoms with Crippen LogP contribution in [0, 0.1) is 11.8 Å². The summed E-state index contributed by atoms with van der Waals surface area (Å²) in [7, 11) is 1.81. The van der Waals surface area contributed by atoms with Gasteiger partial charge in [-0.1, -0.05) is 23.2 Å². The molecule has 0 radical (unpaired) electrons. The molecule has 0 aliphatic carbocycles. The van der Waals surface area contributed by atoms with Gasteiger partial charge in [0.05, 0.1) is 17.6 Å². The van der Waals surface area contributed by atoms with E-state index in [1.807, 2.05) is 19.3 Å². The molecule has 0 fully saturated rings. The maximum Gasteiger partial charge on any atom is 0.274 e. The van der Waals surface area contributed by atoms with E-state index in [0.29, 0.717) is 17.4 Å². The summed E-state index contributed by atoms with van der Waals surface area (Å²) in [5.74, 6) is 5.42. The Morgan fingerprint density at radius 2 is 2.50 bits per heavy atom. The molecule has 5 nitrogen and oxygen atoms in total. The molecule has 18 heavy (non-hydrogen) atoms. The summed E-state index contributed by atoms with van der Waals surface area (Å²) >= 11 is 1.32. The van der Waals surface area contributed by atoms with Crippen LogP contribution in [0.25, 0.3) is 0 Å². The number of aromatic nitrogens is 2. The van der Waals surface area contributed by atoms with Crippen LogP contribution in [-0.4, -0.2) is 22.0 Å². The van der Waals surface area contributed by atoms with E-state index in [9.17, 15) is 4.79 Å². The summed E-state index contributed by atoms with van der Waals surface area (Å²) in [4.78, 5) is 16.8. The van der Waals surface area contributed by atoms with E-state index in [4.69, 9.17) is 5.73 Å². The summed E-state index contributed by atoms with van der Waals surface area (Å²) in [6.07, 6.45) is 3.43. The Balaban J connectivity index is 2.08. The smallest absolute Gasteiger partial charge is 0.274 e. The summed E-state index contributed by atoms with van der Waals surface area (Å²) in [5.41, 5.74) is 5.87. The highest BCUT2D eigenvalue weighted by Gasteiger charge is 2.10. The van der Waals surface area contributed by atoms with Gasteiger partial charge in [-0.2, -0.15) is 0 Å². The Morgan fingerprint density at radius 1 is 1.67 bits per heavy atom. The van der Waals surface area contributed by atoms with Crippen LogP contribution in [0.4, 0.5) is 5.13 Å². The number of hydrogen-bond acceptors (Lipinski definition) is 4. The fourth-order valence-electron chi connectivity index (χ4n) is 1.39. The Hall–Kier alpha value is -2.10. The lowest BCUT2D eigenvalue weighted by atomic mass is 10.4. The van der Waals surface area contributed by atoms with Gasteiger partial charge in [0.25, 0.3) is 5.91 Å². The predicted molar refractivity (Wildman–Crippen MR) is 71.4 cm³/mol. The number of nitrogens with two attached hydrogens (primary N) is 1. The second-order valence-corrected chi connectivity index (χ2v) is 4.52. The van der Waals surface area contributed by atoms with Crippen molar-refractivity contribution >= 4 is 22.4 Å². The maximum absolute atomic E-state index is 11.9. The first-order valence-corrected chi connectivity index (χ1v) is 6.10. The lowest BCUT2D eigenvalue weighted by Crippen LogP contribution is -2.14. The highest BCUT2D eigenvalue weighted by Crippen LogP contribution is 2.17. The minimum absolute atomic E-state index is 0.185. The van der Waals surface area contributed by atoms with Gasteiger partial charge in [0.15, 0.2) is 5.13 Å². The molecule has 0 bridgehead atoms. The number of anilines is 1. The number of aryl methyl sites for hydroxylation is 1. The van der Waals surface area contributed by atoms with Crippen molar-refractivity contribution in [3.8, 4) is 11.8 Å². The lowest BCUT2D eigenvalue weighted by molar-refractivity contribution is 0.101. The van der Waals surface area contributed by atoms with Crippen LogP contribution in [0.5, 0.6) is 0 Å². The maximum atomic E-state index is 11.9. The number of rotatable bonds is 2. The van der Waals surface area contributed by atoms with E-state index in [-0.39, 0.29) is 5.91 Å². The third kappa shape index (κ3) is 2.77. The molecule has 0 saturated carbocycles. The summed E-state index contributed by atoms with van der Waals surface area (Å²) < 4.78 is 1.75. The van der Waals surface area contributed by atoms with Crippen LogP contribution in [0.3, 0.4) is 0 Å². The average Bonchev–Trinajstić information content (AvgIpc) is 2.95. The minimum Gasteiger partial charge on any atom is -0.347 e. The van der Waals surface area contributed by atoms with Gasteiger partial charge >= 0.3 is 0 Å². The number of thiazole rings is 1. The minimum atomic E-state index is -0.185. The number of nitrogens with one attached hydrogen (secondary N) is 1. The number of hydrogen-bond donors (Lipinski definition) is 2. The summed E-state index contributed by atoms with van der Waals surface area (Å²) in [6.45, 7) is 0.308. The van der Waals surface area contributed by atoms with Gasteiger partial charge in [0.2, 0.25) is 0 Å².